The Hall–Kier alpha value is 0.220. The first kappa shape index (κ1) is 14.3. The molecular weight excluding hydrogens is 280 g/mol. The zero-order valence-corrected chi connectivity index (χ0v) is 12.7. The quantitative estimate of drug-likeness (QED) is 0.741. The summed E-state index contributed by atoms with van der Waals surface area (Å²) >= 11 is 5.41. The van der Waals surface area contributed by atoms with E-state index in [2.05, 4.69) is 0 Å². The monoisotopic (exact) mass is 292 g/mol. The summed E-state index contributed by atoms with van der Waals surface area (Å²) in [6.07, 6.45) is 7.33. The highest BCUT2D eigenvalue weighted by molar-refractivity contribution is 8.10. The van der Waals surface area contributed by atoms with E-state index in [0.717, 1.165) is 0 Å². The molecule has 1 aliphatic rings. The lowest BCUT2D eigenvalue weighted by atomic mass is 10.1. The first-order valence-corrected chi connectivity index (χ1v) is 9.26. The third-order valence-corrected chi connectivity index (χ3v) is 5.50. The number of hydrogen-bond acceptors (Lipinski definition) is 6. The highest BCUT2D eigenvalue weighted by atomic mass is 32.2. The second-order valence-electron chi connectivity index (χ2n) is 2.79. The fraction of sp³-hybridized carbons (Fsp3) is 0.400. The SMILES string of the molecule is CSC1=C(SC)C(=O)C(SC)=C(SC)C1=O. The van der Waals surface area contributed by atoms with Crippen LogP contribution in [0.15, 0.2) is 19.6 Å². The molecular formula is C10H12O2S4. The van der Waals surface area contributed by atoms with Crippen LogP contribution < -0.4 is 0 Å². The number of rotatable bonds is 4. The molecule has 16 heavy (non-hydrogen) atoms. The minimum Gasteiger partial charge on any atom is -0.287 e. The number of ketones is 2. The molecule has 0 aromatic heterocycles. The number of carbonyl (C=O) groups is 2. The Labute approximate surface area is 112 Å². The van der Waals surface area contributed by atoms with Gasteiger partial charge in [-0.05, 0) is 25.0 Å². The van der Waals surface area contributed by atoms with Crippen molar-refractivity contribution in [2.75, 3.05) is 25.0 Å². The summed E-state index contributed by atoms with van der Waals surface area (Å²) in [5.74, 6) is -0.0124. The van der Waals surface area contributed by atoms with Crippen LogP contribution in [0.3, 0.4) is 0 Å². The molecule has 0 aromatic rings. The molecule has 1 rings (SSSR count). The lowest BCUT2D eigenvalue weighted by Crippen LogP contribution is -2.18. The van der Waals surface area contributed by atoms with E-state index in [1.165, 1.54) is 47.0 Å². The second kappa shape index (κ2) is 6.23. The molecule has 0 fully saturated rings. The van der Waals surface area contributed by atoms with E-state index in [1.54, 1.807) is 0 Å². The van der Waals surface area contributed by atoms with Gasteiger partial charge in [-0.2, -0.15) is 0 Å². The van der Waals surface area contributed by atoms with Crippen LogP contribution in [-0.2, 0) is 9.59 Å². The summed E-state index contributed by atoms with van der Waals surface area (Å²) in [4.78, 5) is 26.6. The number of allylic oxidation sites excluding steroid dienone is 4. The van der Waals surface area contributed by atoms with E-state index >= 15 is 0 Å². The van der Waals surface area contributed by atoms with E-state index in [1.807, 2.05) is 25.0 Å². The van der Waals surface area contributed by atoms with Gasteiger partial charge in [0.15, 0.2) is 0 Å². The molecule has 0 aromatic carbocycles. The van der Waals surface area contributed by atoms with Gasteiger partial charge in [-0.3, -0.25) is 9.59 Å². The Kier molecular flexibility index (Phi) is 5.56. The molecule has 2 nitrogen and oxygen atoms in total. The Morgan fingerprint density at radius 1 is 0.562 bits per heavy atom. The first-order valence-electron chi connectivity index (χ1n) is 4.36. The van der Waals surface area contributed by atoms with Gasteiger partial charge in [0.2, 0.25) is 11.6 Å². The molecule has 1 aliphatic carbocycles. The molecule has 0 bridgehead atoms. The molecule has 0 unspecified atom stereocenters. The van der Waals surface area contributed by atoms with Gasteiger partial charge >= 0.3 is 0 Å². The van der Waals surface area contributed by atoms with Crippen LogP contribution in [0.1, 0.15) is 0 Å². The molecule has 0 saturated heterocycles. The average Bonchev–Trinajstić information content (AvgIpc) is 2.30. The summed E-state index contributed by atoms with van der Waals surface area (Å²) in [6.45, 7) is 0. The third kappa shape index (κ3) is 2.39. The first-order chi connectivity index (χ1) is 7.62. The Morgan fingerprint density at radius 3 is 0.875 bits per heavy atom. The fourth-order valence-corrected chi connectivity index (χ4v) is 4.75. The van der Waals surface area contributed by atoms with Crippen LogP contribution in [0.25, 0.3) is 0 Å². The summed E-state index contributed by atoms with van der Waals surface area (Å²) < 4.78 is 0. The lowest BCUT2D eigenvalue weighted by Gasteiger charge is -2.19. The predicted octanol–water partition coefficient (Wildman–Crippen LogP) is 3.01. The van der Waals surface area contributed by atoms with Gasteiger partial charge in [0.05, 0.1) is 19.6 Å². The second-order valence-corrected chi connectivity index (χ2v) is 6.06. The normalized spacial score (nSPS) is 17.5. The van der Waals surface area contributed by atoms with E-state index in [4.69, 9.17) is 0 Å². The van der Waals surface area contributed by atoms with E-state index in [-0.39, 0.29) is 11.6 Å². The van der Waals surface area contributed by atoms with Crippen molar-refractivity contribution in [1.82, 2.24) is 0 Å². The van der Waals surface area contributed by atoms with Crippen LogP contribution in [0.4, 0.5) is 0 Å². The smallest absolute Gasteiger partial charge is 0.208 e. The molecule has 0 aliphatic heterocycles. The van der Waals surface area contributed by atoms with Gasteiger partial charge in [0.25, 0.3) is 0 Å². The average molecular weight is 292 g/mol. The van der Waals surface area contributed by atoms with Gasteiger partial charge in [-0.1, -0.05) is 0 Å². The van der Waals surface area contributed by atoms with Crippen LogP contribution in [0, 0.1) is 0 Å². The maximum absolute atomic E-state index is 12.1. The van der Waals surface area contributed by atoms with Crippen LogP contribution in [0.2, 0.25) is 0 Å². The minimum atomic E-state index is -0.00620. The summed E-state index contributed by atoms with van der Waals surface area (Å²) in [5.41, 5.74) is 0. The van der Waals surface area contributed by atoms with Gasteiger partial charge in [0.1, 0.15) is 0 Å². The van der Waals surface area contributed by atoms with Crippen molar-refractivity contribution in [3.63, 3.8) is 0 Å². The van der Waals surface area contributed by atoms with Crippen LogP contribution >= 0.6 is 47.0 Å². The minimum absolute atomic E-state index is 0.00620. The van der Waals surface area contributed by atoms with E-state index in [0.29, 0.717) is 19.6 Å². The Bertz CT molecular complexity index is 326. The molecule has 88 valence electrons. The molecule has 0 spiro atoms. The molecule has 0 amide bonds. The highest BCUT2D eigenvalue weighted by Crippen LogP contribution is 2.41. The maximum Gasteiger partial charge on any atom is 0.208 e. The zero-order valence-electron chi connectivity index (χ0n) is 9.45. The van der Waals surface area contributed by atoms with Crippen molar-refractivity contribution in [3.05, 3.63) is 19.6 Å². The van der Waals surface area contributed by atoms with Crippen LogP contribution in [-0.4, -0.2) is 36.6 Å². The number of Topliss-reactive ketones (excluding diaryl/α,β-unsaturated/α-hetero) is 2. The van der Waals surface area contributed by atoms with Crippen molar-refractivity contribution in [3.8, 4) is 0 Å². The van der Waals surface area contributed by atoms with Gasteiger partial charge < -0.3 is 0 Å². The Balaban J connectivity index is 3.35. The predicted molar refractivity (Wildman–Crippen MR) is 78.1 cm³/mol. The fourth-order valence-electron chi connectivity index (χ4n) is 1.36. The van der Waals surface area contributed by atoms with Crippen LogP contribution in [0.5, 0.6) is 0 Å². The van der Waals surface area contributed by atoms with Crippen molar-refractivity contribution >= 4 is 58.6 Å². The Morgan fingerprint density at radius 2 is 0.750 bits per heavy atom. The van der Waals surface area contributed by atoms with Crippen molar-refractivity contribution in [2.24, 2.45) is 0 Å². The molecule has 0 atom stereocenters. The van der Waals surface area contributed by atoms with Crippen molar-refractivity contribution in [1.29, 1.82) is 0 Å². The number of hydrogen-bond donors (Lipinski definition) is 0. The van der Waals surface area contributed by atoms with Crippen molar-refractivity contribution in [2.45, 2.75) is 0 Å². The summed E-state index contributed by atoms with van der Waals surface area (Å²) in [5, 5.41) is 0. The highest BCUT2D eigenvalue weighted by Gasteiger charge is 2.33. The summed E-state index contributed by atoms with van der Waals surface area (Å²) in [6, 6.07) is 0. The third-order valence-electron chi connectivity index (χ3n) is 2.05. The molecule has 0 radical (unpaired) electrons. The van der Waals surface area contributed by atoms with E-state index in [9.17, 15) is 9.59 Å². The van der Waals surface area contributed by atoms with Gasteiger partial charge in [-0.25, -0.2) is 0 Å². The summed E-state index contributed by atoms with van der Waals surface area (Å²) in [7, 11) is 0. The van der Waals surface area contributed by atoms with Gasteiger partial charge in [0, 0.05) is 0 Å². The number of thioether (sulfide) groups is 4. The molecule has 6 heteroatoms. The molecule has 0 saturated carbocycles. The topological polar surface area (TPSA) is 34.1 Å². The lowest BCUT2D eigenvalue weighted by molar-refractivity contribution is -0.114. The molecule has 0 heterocycles. The number of carbonyl (C=O) groups excluding carboxylic acids is 2. The maximum atomic E-state index is 12.1. The van der Waals surface area contributed by atoms with E-state index < -0.39 is 0 Å². The molecule has 0 N–H and O–H groups in total. The van der Waals surface area contributed by atoms with Gasteiger partial charge in [-0.15, -0.1) is 47.0 Å². The largest absolute Gasteiger partial charge is 0.287 e. The standard InChI is InChI=1S/C10H12O2S4/c1-13-7-5(11)9(15-3)10(16-4)6(12)8(7)14-2/h1-4H3. The zero-order chi connectivity index (χ0) is 12.3. The van der Waals surface area contributed by atoms with Crippen molar-refractivity contribution < 1.29 is 9.59 Å².